The summed E-state index contributed by atoms with van der Waals surface area (Å²) in [6, 6.07) is 4.79. The van der Waals surface area contributed by atoms with Crippen LogP contribution >= 0.6 is 22.6 Å². The molecule has 3 aliphatic heterocycles. The molecule has 8 heteroatoms. The molecule has 2 saturated heterocycles. The summed E-state index contributed by atoms with van der Waals surface area (Å²) < 4.78 is 0.734. The maximum Gasteiger partial charge on any atom is 0.262 e. The molecule has 7 nitrogen and oxygen atoms in total. The molecule has 3 heterocycles. The molecule has 0 N–H and O–H groups in total. The van der Waals surface area contributed by atoms with E-state index in [-0.39, 0.29) is 36.6 Å². The molecule has 2 fully saturated rings. The van der Waals surface area contributed by atoms with E-state index < -0.39 is 6.04 Å². The summed E-state index contributed by atoms with van der Waals surface area (Å²) in [5.74, 6) is -0.818. The first-order valence-electron chi connectivity index (χ1n) is 9.72. The second-order valence-corrected chi connectivity index (χ2v) is 8.61. The summed E-state index contributed by atoms with van der Waals surface area (Å²) in [6.45, 7) is 2.14. The molecular formula is C20H22IN3O4. The fourth-order valence-electron chi connectivity index (χ4n) is 4.32. The molecule has 0 bridgehead atoms. The van der Waals surface area contributed by atoms with Gasteiger partial charge in [0.2, 0.25) is 11.8 Å². The highest BCUT2D eigenvalue weighted by Crippen LogP contribution is 2.28. The lowest BCUT2D eigenvalue weighted by molar-refractivity contribution is -0.143. The highest BCUT2D eigenvalue weighted by Gasteiger charge is 2.39. The maximum absolute atomic E-state index is 12.8. The third-order valence-corrected chi connectivity index (χ3v) is 6.67. The number of imide groups is 1. The van der Waals surface area contributed by atoms with E-state index in [1.54, 1.807) is 23.1 Å². The minimum absolute atomic E-state index is 0.0404. The first-order chi connectivity index (χ1) is 13.5. The molecule has 3 aliphatic rings. The quantitative estimate of drug-likeness (QED) is 0.473. The fraction of sp³-hybridized carbons (Fsp3) is 0.500. The van der Waals surface area contributed by atoms with Gasteiger partial charge in [0.15, 0.2) is 0 Å². The molecular weight excluding hydrogens is 473 g/mol. The number of fused-ring (bicyclic) bond motifs is 1. The van der Waals surface area contributed by atoms with Gasteiger partial charge >= 0.3 is 0 Å². The van der Waals surface area contributed by atoms with Crippen LogP contribution in [0.3, 0.4) is 0 Å². The Morgan fingerprint density at radius 3 is 2.50 bits per heavy atom. The van der Waals surface area contributed by atoms with Crippen LogP contribution in [0.25, 0.3) is 0 Å². The van der Waals surface area contributed by atoms with E-state index in [2.05, 4.69) is 0 Å². The highest BCUT2D eigenvalue weighted by atomic mass is 127. The molecule has 0 aliphatic carbocycles. The number of amides is 4. The van der Waals surface area contributed by atoms with E-state index in [1.807, 2.05) is 27.5 Å². The van der Waals surface area contributed by atoms with Crippen LogP contribution in [0.15, 0.2) is 18.2 Å². The van der Waals surface area contributed by atoms with Crippen molar-refractivity contribution in [2.75, 3.05) is 26.2 Å². The number of halogens is 1. The lowest BCUT2D eigenvalue weighted by Gasteiger charge is -2.28. The molecule has 0 unspecified atom stereocenters. The zero-order valence-corrected chi connectivity index (χ0v) is 17.7. The average Bonchev–Trinajstić information content (AvgIpc) is 3.42. The van der Waals surface area contributed by atoms with Crippen LogP contribution in [0.2, 0.25) is 0 Å². The lowest BCUT2D eigenvalue weighted by Crippen LogP contribution is -2.47. The number of carbonyl (C=O) groups excluding carboxylic acids is 4. The number of likely N-dealkylation sites (tertiary alicyclic amines) is 2. The molecule has 4 rings (SSSR count). The van der Waals surface area contributed by atoms with Gasteiger partial charge in [-0.1, -0.05) is 6.07 Å². The van der Waals surface area contributed by atoms with Crippen LogP contribution < -0.4 is 0 Å². The normalized spacial score (nSPS) is 21.6. The SMILES string of the molecule is O=C([C@@H]1CCCN1C(=O)CCN1C(=O)c2cccc(I)c2C1=O)N1CCCC1. The topological polar surface area (TPSA) is 78.0 Å². The Kier molecular flexibility index (Phi) is 5.39. The fourth-order valence-corrected chi connectivity index (χ4v) is 5.05. The minimum atomic E-state index is -0.395. The summed E-state index contributed by atoms with van der Waals surface area (Å²) in [6.07, 6.45) is 3.58. The van der Waals surface area contributed by atoms with Gasteiger partial charge in [-0.15, -0.1) is 0 Å². The Morgan fingerprint density at radius 1 is 1.04 bits per heavy atom. The van der Waals surface area contributed by atoms with E-state index in [9.17, 15) is 19.2 Å². The van der Waals surface area contributed by atoms with Gasteiger partial charge in [-0.25, -0.2) is 0 Å². The third kappa shape index (κ3) is 3.31. The summed E-state index contributed by atoms with van der Waals surface area (Å²) in [4.78, 5) is 55.3. The second-order valence-electron chi connectivity index (χ2n) is 7.45. The van der Waals surface area contributed by atoms with Gasteiger partial charge in [-0.05, 0) is 60.4 Å². The molecule has 4 amide bonds. The summed E-state index contributed by atoms with van der Waals surface area (Å²) >= 11 is 2.05. The summed E-state index contributed by atoms with van der Waals surface area (Å²) in [5.41, 5.74) is 0.816. The number of nitrogens with zero attached hydrogens (tertiary/aromatic N) is 3. The van der Waals surface area contributed by atoms with Crippen LogP contribution in [0.1, 0.15) is 52.8 Å². The van der Waals surface area contributed by atoms with Crippen LogP contribution in [0.5, 0.6) is 0 Å². The van der Waals surface area contributed by atoms with E-state index >= 15 is 0 Å². The predicted molar refractivity (Wildman–Crippen MR) is 110 cm³/mol. The highest BCUT2D eigenvalue weighted by molar-refractivity contribution is 14.1. The standard InChI is InChI=1S/C20H22IN3O4/c21-14-6-3-5-13-17(14)20(28)24(18(13)26)12-8-16(25)23-11-4-7-15(23)19(27)22-9-1-2-10-22/h3,5-6,15H,1-2,4,7-12H2/t15-/m0/s1. The molecule has 0 aromatic heterocycles. The van der Waals surface area contributed by atoms with Crippen molar-refractivity contribution in [2.45, 2.75) is 38.1 Å². The number of hydrogen-bond donors (Lipinski definition) is 0. The number of carbonyl (C=O) groups is 4. The Morgan fingerprint density at radius 2 is 1.79 bits per heavy atom. The molecule has 148 valence electrons. The van der Waals surface area contributed by atoms with Crippen LogP contribution in [0, 0.1) is 3.57 Å². The van der Waals surface area contributed by atoms with Gasteiger partial charge in [0.1, 0.15) is 6.04 Å². The Balaban J connectivity index is 1.40. The monoisotopic (exact) mass is 495 g/mol. The van der Waals surface area contributed by atoms with E-state index in [4.69, 9.17) is 0 Å². The van der Waals surface area contributed by atoms with Gasteiger partial charge in [0.25, 0.3) is 11.8 Å². The number of rotatable bonds is 4. The van der Waals surface area contributed by atoms with Crippen LogP contribution in [0.4, 0.5) is 0 Å². The third-order valence-electron chi connectivity index (χ3n) is 5.77. The molecule has 1 aromatic carbocycles. The Labute approximate surface area is 177 Å². The molecule has 1 atom stereocenters. The van der Waals surface area contributed by atoms with Gasteiger partial charge in [0, 0.05) is 36.2 Å². The van der Waals surface area contributed by atoms with Crippen LogP contribution in [-0.2, 0) is 9.59 Å². The predicted octanol–water partition coefficient (Wildman–Crippen LogP) is 1.89. The molecule has 28 heavy (non-hydrogen) atoms. The number of hydrogen-bond acceptors (Lipinski definition) is 4. The molecule has 1 aromatic rings. The van der Waals surface area contributed by atoms with Gasteiger partial charge in [-0.2, -0.15) is 0 Å². The van der Waals surface area contributed by atoms with Crippen LogP contribution in [-0.4, -0.2) is 70.5 Å². The maximum atomic E-state index is 12.8. The summed E-state index contributed by atoms with van der Waals surface area (Å²) in [7, 11) is 0. The minimum Gasteiger partial charge on any atom is -0.341 e. The largest absolute Gasteiger partial charge is 0.341 e. The van der Waals surface area contributed by atoms with E-state index in [0.29, 0.717) is 24.1 Å². The smallest absolute Gasteiger partial charge is 0.262 e. The lowest BCUT2D eigenvalue weighted by atomic mass is 10.1. The Bertz CT molecular complexity index is 850. The molecule has 0 radical (unpaired) electrons. The van der Waals surface area contributed by atoms with E-state index in [1.165, 1.54) is 0 Å². The van der Waals surface area contributed by atoms with Crippen molar-refractivity contribution < 1.29 is 19.2 Å². The zero-order valence-electron chi connectivity index (χ0n) is 15.5. The second kappa shape index (κ2) is 7.81. The first-order valence-corrected chi connectivity index (χ1v) is 10.8. The van der Waals surface area contributed by atoms with Crippen molar-refractivity contribution in [3.8, 4) is 0 Å². The van der Waals surface area contributed by atoms with Crippen molar-refractivity contribution in [3.05, 3.63) is 32.9 Å². The average molecular weight is 495 g/mol. The van der Waals surface area contributed by atoms with E-state index in [0.717, 1.165) is 40.8 Å². The van der Waals surface area contributed by atoms with Gasteiger partial charge in [-0.3, -0.25) is 24.1 Å². The van der Waals surface area contributed by atoms with Gasteiger partial charge in [0.05, 0.1) is 11.1 Å². The molecule has 0 spiro atoms. The first kappa shape index (κ1) is 19.4. The van der Waals surface area contributed by atoms with Crippen molar-refractivity contribution in [1.82, 2.24) is 14.7 Å². The number of benzene rings is 1. The van der Waals surface area contributed by atoms with Crippen molar-refractivity contribution in [2.24, 2.45) is 0 Å². The zero-order chi connectivity index (χ0) is 19.8. The van der Waals surface area contributed by atoms with Crippen molar-refractivity contribution in [3.63, 3.8) is 0 Å². The van der Waals surface area contributed by atoms with Crippen molar-refractivity contribution >= 4 is 46.2 Å². The molecule has 0 saturated carbocycles. The Hall–Kier alpha value is -1.97. The summed E-state index contributed by atoms with van der Waals surface area (Å²) in [5, 5.41) is 0. The van der Waals surface area contributed by atoms with Gasteiger partial charge < -0.3 is 9.80 Å². The van der Waals surface area contributed by atoms with Crippen molar-refractivity contribution in [1.29, 1.82) is 0 Å².